The van der Waals surface area contributed by atoms with Gasteiger partial charge in [0.15, 0.2) is 0 Å². The molecular weight excluding hydrogens is 299 g/mol. The molecule has 1 unspecified atom stereocenters. The van der Waals surface area contributed by atoms with Crippen LogP contribution in [0.4, 0.5) is 0 Å². The molecule has 0 heterocycles. The zero-order valence-corrected chi connectivity index (χ0v) is 12.4. The maximum atomic E-state index is 11.8. The van der Waals surface area contributed by atoms with E-state index in [1.54, 1.807) is 0 Å². The molecular formula is C17H16OSe. The molecule has 19 heavy (non-hydrogen) atoms. The number of carbonyl (C=O) groups is 1. The fourth-order valence-corrected chi connectivity index (χ4v) is 4.55. The third-order valence-corrected chi connectivity index (χ3v) is 5.82. The van der Waals surface area contributed by atoms with Crippen molar-refractivity contribution in [2.24, 2.45) is 0 Å². The van der Waals surface area contributed by atoms with Gasteiger partial charge in [-0.15, -0.1) is 0 Å². The SMILES string of the molecule is C=CCC(C=O)([Se]c1ccccc1)c1ccccc1. The van der Waals surface area contributed by atoms with Crippen LogP contribution in [-0.2, 0) is 9.11 Å². The molecule has 96 valence electrons. The van der Waals surface area contributed by atoms with E-state index in [2.05, 4.69) is 18.7 Å². The Hall–Kier alpha value is -1.63. The number of hydrogen-bond donors (Lipinski definition) is 0. The Bertz CT molecular complexity index is 536. The molecule has 0 aromatic heterocycles. The number of rotatable bonds is 6. The van der Waals surface area contributed by atoms with Gasteiger partial charge in [-0.2, -0.15) is 0 Å². The third kappa shape index (κ3) is 3.23. The fourth-order valence-electron chi connectivity index (χ4n) is 1.99. The van der Waals surface area contributed by atoms with Crippen LogP contribution in [0.25, 0.3) is 0 Å². The van der Waals surface area contributed by atoms with Crippen LogP contribution in [0.1, 0.15) is 12.0 Å². The molecule has 0 amide bonds. The zero-order valence-electron chi connectivity index (χ0n) is 10.7. The molecule has 0 aliphatic rings. The molecule has 2 heteroatoms. The monoisotopic (exact) mass is 316 g/mol. The summed E-state index contributed by atoms with van der Waals surface area (Å²) in [5.41, 5.74) is 1.08. The van der Waals surface area contributed by atoms with Crippen LogP contribution in [-0.4, -0.2) is 21.2 Å². The summed E-state index contributed by atoms with van der Waals surface area (Å²) >= 11 is 0.0472. The van der Waals surface area contributed by atoms with E-state index in [1.165, 1.54) is 4.46 Å². The molecule has 1 nitrogen and oxygen atoms in total. The summed E-state index contributed by atoms with van der Waals surface area (Å²) in [4.78, 5) is 11.8. The van der Waals surface area contributed by atoms with E-state index in [9.17, 15) is 4.79 Å². The number of carbonyl (C=O) groups excluding carboxylic acids is 1. The van der Waals surface area contributed by atoms with E-state index < -0.39 is 4.31 Å². The first-order valence-electron chi connectivity index (χ1n) is 6.17. The second-order valence-corrected chi connectivity index (χ2v) is 7.23. The van der Waals surface area contributed by atoms with Crippen molar-refractivity contribution in [2.75, 3.05) is 0 Å². The van der Waals surface area contributed by atoms with Crippen molar-refractivity contribution in [1.82, 2.24) is 0 Å². The van der Waals surface area contributed by atoms with Gasteiger partial charge in [-0.3, -0.25) is 0 Å². The molecule has 0 saturated heterocycles. The normalized spacial score (nSPS) is 13.5. The Morgan fingerprint density at radius 3 is 2.11 bits per heavy atom. The summed E-state index contributed by atoms with van der Waals surface area (Å²) in [5.74, 6) is 0. The Morgan fingerprint density at radius 2 is 1.58 bits per heavy atom. The molecule has 2 rings (SSSR count). The minimum atomic E-state index is -0.447. The molecule has 0 N–H and O–H groups in total. The maximum absolute atomic E-state index is 11.8. The van der Waals surface area contributed by atoms with Gasteiger partial charge in [-0.05, 0) is 0 Å². The molecule has 2 aromatic carbocycles. The summed E-state index contributed by atoms with van der Waals surface area (Å²) in [6.45, 7) is 3.81. The van der Waals surface area contributed by atoms with Gasteiger partial charge < -0.3 is 0 Å². The molecule has 0 aliphatic heterocycles. The average Bonchev–Trinajstić information content (AvgIpc) is 2.49. The van der Waals surface area contributed by atoms with E-state index in [0.29, 0.717) is 6.42 Å². The standard InChI is InChI=1S/C17H16OSe/c1-2-13-17(14-18,15-9-5-3-6-10-15)19-16-11-7-4-8-12-16/h2-12,14H,1,13H2. The number of aldehydes is 1. The quantitative estimate of drug-likeness (QED) is 0.455. The number of benzene rings is 2. The van der Waals surface area contributed by atoms with Crippen LogP contribution in [0.5, 0.6) is 0 Å². The van der Waals surface area contributed by atoms with Crippen LogP contribution in [0.15, 0.2) is 73.3 Å². The van der Waals surface area contributed by atoms with E-state index in [4.69, 9.17) is 0 Å². The number of allylic oxidation sites excluding steroid dienone is 1. The van der Waals surface area contributed by atoms with Crippen LogP contribution in [0.2, 0.25) is 0 Å². The Balaban J connectivity index is 2.40. The molecule has 0 saturated carbocycles. The van der Waals surface area contributed by atoms with E-state index in [-0.39, 0.29) is 15.0 Å². The summed E-state index contributed by atoms with van der Waals surface area (Å²) in [6, 6.07) is 20.2. The minimum absolute atomic E-state index is 0.0472. The fraction of sp³-hybridized carbons (Fsp3) is 0.118. The first-order chi connectivity index (χ1) is 9.30. The molecule has 0 aliphatic carbocycles. The summed E-state index contributed by atoms with van der Waals surface area (Å²) in [5, 5.41) is 0. The average molecular weight is 315 g/mol. The van der Waals surface area contributed by atoms with E-state index in [1.807, 2.05) is 54.6 Å². The van der Waals surface area contributed by atoms with Gasteiger partial charge in [-0.1, -0.05) is 0 Å². The van der Waals surface area contributed by atoms with Crippen molar-refractivity contribution >= 4 is 25.7 Å². The predicted octanol–water partition coefficient (Wildman–Crippen LogP) is 2.69. The second kappa shape index (κ2) is 6.51. The third-order valence-electron chi connectivity index (χ3n) is 2.94. The van der Waals surface area contributed by atoms with Crippen LogP contribution in [0.3, 0.4) is 0 Å². The first-order valence-corrected chi connectivity index (χ1v) is 7.89. The van der Waals surface area contributed by atoms with Crippen molar-refractivity contribution in [3.05, 3.63) is 78.9 Å². The Morgan fingerprint density at radius 1 is 1.00 bits per heavy atom. The van der Waals surface area contributed by atoms with Crippen LogP contribution >= 0.6 is 0 Å². The topological polar surface area (TPSA) is 17.1 Å². The van der Waals surface area contributed by atoms with Gasteiger partial charge in [0.05, 0.1) is 0 Å². The first kappa shape index (κ1) is 13.8. The van der Waals surface area contributed by atoms with E-state index >= 15 is 0 Å². The van der Waals surface area contributed by atoms with Crippen LogP contribution in [0, 0.1) is 0 Å². The van der Waals surface area contributed by atoms with Crippen molar-refractivity contribution in [3.63, 3.8) is 0 Å². The van der Waals surface area contributed by atoms with E-state index in [0.717, 1.165) is 11.8 Å². The molecule has 0 fully saturated rings. The van der Waals surface area contributed by atoms with Crippen molar-refractivity contribution in [2.45, 2.75) is 10.7 Å². The molecule has 1 atom stereocenters. The molecule has 0 radical (unpaired) electrons. The van der Waals surface area contributed by atoms with Crippen LogP contribution < -0.4 is 4.46 Å². The molecule has 0 spiro atoms. The molecule has 0 bridgehead atoms. The molecule has 2 aromatic rings. The second-order valence-electron chi connectivity index (χ2n) is 4.28. The van der Waals surface area contributed by atoms with Crippen molar-refractivity contribution < 1.29 is 4.79 Å². The summed E-state index contributed by atoms with van der Waals surface area (Å²) < 4.78 is 0.782. The van der Waals surface area contributed by atoms with Gasteiger partial charge >= 0.3 is 120 Å². The van der Waals surface area contributed by atoms with Gasteiger partial charge in [0, 0.05) is 0 Å². The van der Waals surface area contributed by atoms with Gasteiger partial charge in [0.2, 0.25) is 0 Å². The Labute approximate surface area is 120 Å². The Kier molecular flexibility index (Phi) is 4.73. The van der Waals surface area contributed by atoms with Gasteiger partial charge in [-0.25, -0.2) is 0 Å². The zero-order chi connectivity index (χ0) is 13.6. The van der Waals surface area contributed by atoms with Crippen molar-refractivity contribution in [1.29, 1.82) is 0 Å². The van der Waals surface area contributed by atoms with Crippen molar-refractivity contribution in [3.8, 4) is 0 Å². The summed E-state index contributed by atoms with van der Waals surface area (Å²) in [6.07, 6.45) is 3.61. The number of hydrogen-bond acceptors (Lipinski definition) is 1. The summed E-state index contributed by atoms with van der Waals surface area (Å²) in [7, 11) is 0. The van der Waals surface area contributed by atoms with Gasteiger partial charge in [0.1, 0.15) is 0 Å². The predicted molar refractivity (Wildman–Crippen MR) is 80.8 cm³/mol. The van der Waals surface area contributed by atoms with Gasteiger partial charge in [0.25, 0.3) is 0 Å².